The van der Waals surface area contributed by atoms with Gasteiger partial charge in [-0.05, 0) is 54.3 Å². The molecule has 1 aliphatic heterocycles. The average molecular weight is 417 g/mol. The smallest absolute Gasteiger partial charge is 0.238 e. The fourth-order valence-corrected chi connectivity index (χ4v) is 4.79. The van der Waals surface area contributed by atoms with Gasteiger partial charge in [0, 0.05) is 17.8 Å². The Hall–Kier alpha value is -3.05. The lowest BCUT2D eigenvalue weighted by Crippen LogP contribution is -2.27. The molecule has 1 aliphatic rings. The number of amides is 2. The molecule has 0 aliphatic carbocycles. The monoisotopic (exact) mass is 416 g/mol. The van der Waals surface area contributed by atoms with E-state index in [2.05, 4.69) is 5.32 Å². The molecule has 1 unspecified atom stereocenters. The van der Waals surface area contributed by atoms with Crippen LogP contribution < -0.4 is 10.2 Å². The van der Waals surface area contributed by atoms with E-state index in [9.17, 15) is 9.59 Å². The van der Waals surface area contributed by atoms with Crippen molar-refractivity contribution >= 4 is 35.0 Å². The van der Waals surface area contributed by atoms with Crippen molar-refractivity contribution in [2.45, 2.75) is 25.1 Å². The summed E-state index contributed by atoms with van der Waals surface area (Å²) in [5.41, 5.74) is 4.95. The quantitative estimate of drug-likeness (QED) is 0.590. The molecule has 1 atom stereocenters. The molecular weight excluding hydrogens is 392 g/mol. The molecule has 4 nitrogen and oxygen atoms in total. The van der Waals surface area contributed by atoms with Crippen LogP contribution in [-0.2, 0) is 16.0 Å². The SMILES string of the molecule is Cc1cccc(N2C(=O)CSC2c2cccc(NC(=O)CCc3ccccc3)c2)c1. The Morgan fingerprint density at radius 3 is 2.63 bits per heavy atom. The van der Waals surface area contributed by atoms with Gasteiger partial charge in [-0.25, -0.2) is 0 Å². The molecule has 0 saturated carbocycles. The van der Waals surface area contributed by atoms with E-state index in [0.29, 0.717) is 18.6 Å². The van der Waals surface area contributed by atoms with Crippen LogP contribution >= 0.6 is 11.8 Å². The van der Waals surface area contributed by atoms with Crippen LogP contribution in [0.3, 0.4) is 0 Å². The van der Waals surface area contributed by atoms with Gasteiger partial charge in [0.15, 0.2) is 0 Å². The number of aryl methyl sites for hydroxylation is 2. The van der Waals surface area contributed by atoms with Gasteiger partial charge in [-0.15, -0.1) is 11.8 Å². The predicted molar refractivity (Wildman–Crippen MR) is 124 cm³/mol. The Balaban J connectivity index is 1.47. The Bertz CT molecular complexity index is 1050. The summed E-state index contributed by atoms with van der Waals surface area (Å²) in [4.78, 5) is 26.9. The molecule has 0 bridgehead atoms. The van der Waals surface area contributed by atoms with E-state index < -0.39 is 0 Å². The number of nitrogens with one attached hydrogen (secondary N) is 1. The molecule has 0 spiro atoms. The summed E-state index contributed by atoms with van der Waals surface area (Å²) in [7, 11) is 0. The third-order valence-corrected chi connectivity index (χ3v) is 6.30. The Kier molecular flexibility index (Phi) is 6.19. The van der Waals surface area contributed by atoms with Crippen molar-refractivity contribution in [3.63, 3.8) is 0 Å². The third-order valence-electron chi connectivity index (χ3n) is 5.09. The number of hydrogen-bond acceptors (Lipinski definition) is 3. The van der Waals surface area contributed by atoms with E-state index in [1.54, 1.807) is 11.8 Å². The van der Waals surface area contributed by atoms with Crippen molar-refractivity contribution in [2.24, 2.45) is 0 Å². The van der Waals surface area contributed by atoms with Gasteiger partial charge < -0.3 is 5.32 Å². The maximum absolute atomic E-state index is 12.6. The van der Waals surface area contributed by atoms with Crippen molar-refractivity contribution in [3.05, 3.63) is 95.6 Å². The van der Waals surface area contributed by atoms with Gasteiger partial charge in [0.2, 0.25) is 11.8 Å². The fourth-order valence-electron chi connectivity index (χ4n) is 3.62. The molecule has 2 amide bonds. The van der Waals surface area contributed by atoms with Gasteiger partial charge in [0.25, 0.3) is 0 Å². The van der Waals surface area contributed by atoms with Crippen LogP contribution in [0.5, 0.6) is 0 Å². The van der Waals surface area contributed by atoms with Crippen LogP contribution in [0.2, 0.25) is 0 Å². The Morgan fingerprint density at radius 2 is 1.83 bits per heavy atom. The van der Waals surface area contributed by atoms with E-state index in [4.69, 9.17) is 0 Å². The second kappa shape index (κ2) is 9.18. The maximum atomic E-state index is 12.6. The number of anilines is 2. The van der Waals surface area contributed by atoms with E-state index in [1.807, 2.05) is 90.7 Å². The molecule has 30 heavy (non-hydrogen) atoms. The highest BCUT2D eigenvalue weighted by Crippen LogP contribution is 2.42. The van der Waals surface area contributed by atoms with E-state index >= 15 is 0 Å². The van der Waals surface area contributed by atoms with Gasteiger partial charge >= 0.3 is 0 Å². The summed E-state index contributed by atoms with van der Waals surface area (Å²) in [5, 5.41) is 2.90. The summed E-state index contributed by atoms with van der Waals surface area (Å²) >= 11 is 1.61. The largest absolute Gasteiger partial charge is 0.326 e. The van der Waals surface area contributed by atoms with E-state index in [1.165, 1.54) is 0 Å². The number of carbonyl (C=O) groups is 2. The molecule has 5 heteroatoms. The molecule has 3 aromatic carbocycles. The Labute approximate surface area is 181 Å². The molecule has 0 radical (unpaired) electrons. The first-order valence-corrected chi connectivity index (χ1v) is 11.1. The number of hydrogen-bond donors (Lipinski definition) is 1. The lowest BCUT2D eigenvalue weighted by Gasteiger charge is -2.25. The molecule has 0 aromatic heterocycles. The lowest BCUT2D eigenvalue weighted by molar-refractivity contribution is -0.116. The minimum absolute atomic E-state index is 0.0123. The predicted octanol–water partition coefficient (Wildman–Crippen LogP) is 5.34. The first kappa shape index (κ1) is 20.2. The number of rotatable bonds is 6. The maximum Gasteiger partial charge on any atom is 0.238 e. The summed E-state index contributed by atoms with van der Waals surface area (Å²) in [5.74, 6) is 0.543. The van der Waals surface area contributed by atoms with E-state index in [-0.39, 0.29) is 17.2 Å². The minimum Gasteiger partial charge on any atom is -0.326 e. The first-order valence-electron chi connectivity index (χ1n) is 10.0. The zero-order valence-electron chi connectivity index (χ0n) is 16.9. The highest BCUT2D eigenvalue weighted by atomic mass is 32.2. The lowest BCUT2D eigenvalue weighted by atomic mass is 10.1. The number of thioether (sulfide) groups is 1. The second-order valence-corrected chi connectivity index (χ2v) is 8.49. The zero-order chi connectivity index (χ0) is 20.9. The standard InChI is InChI=1S/C25H24N2O2S/c1-18-7-5-12-22(15-18)27-24(29)17-30-25(27)20-10-6-11-21(16-20)26-23(28)14-13-19-8-3-2-4-9-19/h2-12,15-16,25H,13-14,17H2,1H3,(H,26,28). The molecule has 1 N–H and O–H groups in total. The number of benzene rings is 3. The summed E-state index contributed by atoms with van der Waals surface area (Å²) in [6, 6.07) is 25.8. The van der Waals surface area contributed by atoms with Crippen molar-refractivity contribution in [2.75, 3.05) is 16.0 Å². The second-order valence-electron chi connectivity index (χ2n) is 7.43. The summed E-state index contributed by atoms with van der Waals surface area (Å²) in [6.45, 7) is 2.03. The normalized spacial score (nSPS) is 16.0. The van der Waals surface area contributed by atoms with Crippen LogP contribution in [0.1, 0.15) is 28.5 Å². The van der Waals surface area contributed by atoms with Gasteiger partial charge in [0.1, 0.15) is 5.37 Å². The van der Waals surface area contributed by atoms with Gasteiger partial charge in [0.05, 0.1) is 5.75 Å². The van der Waals surface area contributed by atoms with Crippen LogP contribution in [0.25, 0.3) is 0 Å². The zero-order valence-corrected chi connectivity index (χ0v) is 17.7. The molecule has 1 fully saturated rings. The van der Waals surface area contributed by atoms with Gasteiger partial charge in [-0.3, -0.25) is 14.5 Å². The minimum atomic E-state index is -0.0968. The highest BCUT2D eigenvalue weighted by molar-refractivity contribution is 8.00. The highest BCUT2D eigenvalue weighted by Gasteiger charge is 2.34. The topological polar surface area (TPSA) is 49.4 Å². The van der Waals surface area contributed by atoms with Crippen LogP contribution in [0.4, 0.5) is 11.4 Å². The number of carbonyl (C=O) groups excluding carboxylic acids is 2. The fraction of sp³-hybridized carbons (Fsp3) is 0.200. The van der Waals surface area contributed by atoms with Gasteiger partial charge in [-0.1, -0.05) is 54.6 Å². The molecule has 152 valence electrons. The van der Waals surface area contributed by atoms with E-state index in [0.717, 1.165) is 28.1 Å². The third kappa shape index (κ3) is 4.74. The average Bonchev–Trinajstić information content (AvgIpc) is 3.15. The van der Waals surface area contributed by atoms with Crippen molar-refractivity contribution in [3.8, 4) is 0 Å². The van der Waals surface area contributed by atoms with Crippen LogP contribution in [-0.4, -0.2) is 17.6 Å². The molecule has 1 saturated heterocycles. The summed E-state index contributed by atoms with van der Waals surface area (Å²) < 4.78 is 0. The first-order chi connectivity index (χ1) is 14.6. The molecule has 1 heterocycles. The number of nitrogens with zero attached hydrogens (tertiary/aromatic N) is 1. The van der Waals surface area contributed by atoms with Crippen LogP contribution in [0, 0.1) is 6.92 Å². The Morgan fingerprint density at radius 1 is 1.03 bits per heavy atom. The summed E-state index contributed by atoms with van der Waals surface area (Å²) in [6.07, 6.45) is 1.14. The molecular formula is C25H24N2O2S. The van der Waals surface area contributed by atoms with Gasteiger partial charge in [-0.2, -0.15) is 0 Å². The van der Waals surface area contributed by atoms with Crippen molar-refractivity contribution in [1.82, 2.24) is 0 Å². The van der Waals surface area contributed by atoms with Crippen molar-refractivity contribution < 1.29 is 9.59 Å². The molecule has 3 aromatic rings. The molecule has 4 rings (SSSR count). The van der Waals surface area contributed by atoms with Crippen molar-refractivity contribution in [1.29, 1.82) is 0 Å². The van der Waals surface area contributed by atoms with Crippen LogP contribution in [0.15, 0.2) is 78.9 Å².